The van der Waals surface area contributed by atoms with Gasteiger partial charge < -0.3 is 14.2 Å². The van der Waals surface area contributed by atoms with Crippen LogP contribution in [0.15, 0.2) is 35.9 Å². The molecule has 0 saturated heterocycles. The highest BCUT2D eigenvalue weighted by molar-refractivity contribution is 5.99. The molecule has 0 fully saturated rings. The lowest BCUT2D eigenvalue weighted by molar-refractivity contribution is -0.149. The molecule has 6 heteroatoms. The Labute approximate surface area is 190 Å². The number of hydrogen-bond donors (Lipinski definition) is 0. The Morgan fingerprint density at radius 3 is 2.78 bits per heavy atom. The summed E-state index contributed by atoms with van der Waals surface area (Å²) in [7, 11) is 1.74. The number of benzene rings is 1. The quantitative estimate of drug-likeness (QED) is 0.366. The van der Waals surface area contributed by atoms with Gasteiger partial charge >= 0.3 is 5.97 Å². The normalized spacial score (nSPS) is 15.6. The van der Waals surface area contributed by atoms with Gasteiger partial charge in [0.15, 0.2) is 6.61 Å². The number of likely N-dealkylation sites (N-methyl/N-ethyl adjacent to an activating group) is 1. The highest BCUT2D eigenvalue weighted by Gasteiger charge is 2.27. The molecule has 2 aromatic rings. The molecule has 1 aromatic carbocycles. The lowest BCUT2D eigenvalue weighted by Crippen LogP contribution is -2.36. The molecule has 1 unspecified atom stereocenters. The van der Waals surface area contributed by atoms with Crippen LogP contribution in [0, 0.1) is 25.2 Å². The maximum absolute atomic E-state index is 12.7. The van der Waals surface area contributed by atoms with E-state index < -0.39 is 5.97 Å². The van der Waals surface area contributed by atoms with E-state index in [0.717, 1.165) is 54.7 Å². The van der Waals surface area contributed by atoms with Crippen LogP contribution in [0.5, 0.6) is 0 Å². The number of hydrogen-bond acceptors (Lipinski definition) is 4. The van der Waals surface area contributed by atoms with Crippen molar-refractivity contribution in [2.24, 2.45) is 0 Å². The Morgan fingerprint density at radius 2 is 2.06 bits per heavy atom. The average molecular weight is 434 g/mol. The van der Waals surface area contributed by atoms with Crippen molar-refractivity contribution in [1.82, 2.24) is 9.47 Å². The van der Waals surface area contributed by atoms with E-state index in [2.05, 4.69) is 23.6 Å². The molecule has 1 aromatic heterocycles. The highest BCUT2D eigenvalue weighted by atomic mass is 16.5. The van der Waals surface area contributed by atoms with Crippen molar-refractivity contribution in [2.75, 3.05) is 13.7 Å². The van der Waals surface area contributed by atoms with Crippen LogP contribution >= 0.6 is 0 Å². The first-order chi connectivity index (χ1) is 15.4. The third-order valence-corrected chi connectivity index (χ3v) is 6.23. The van der Waals surface area contributed by atoms with Crippen LogP contribution in [-0.4, -0.2) is 35.0 Å². The van der Waals surface area contributed by atoms with E-state index in [9.17, 15) is 14.9 Å². The van der Waals surface area contributed by atoms with Gasteiger partial charge in [0, 0.05) is 25.0 Å². The molecule has 1 heterocycles. The van der Waals surface area contributed by atoms with Crippen molar-refractivity contribution in [3.05, 3.63) is 64.0 Å². The van der Waals surface area contributed by atoms with Crippen molar-refractivity contribution in [2.45, 2.75) is 59.0 Å². The maximum atomic E-state index is 12.7. The molecule has 6 nitrogen and oxygen atoms in total. The number of nitriles is 1. The van der Waals surface area contributed by atoms with Gasteiger partial charge in [-0.25, -0.2) is 4.79 Å². The van der Waals surface area contributed by atoms with E-state index in [-0.39, 0.29) is 24.1 Å². The van der Waals surface area contributed by atoms with Gasteiger partial charge in [0.25, 0.3) is 5.91 Å². The van der Waals surface area contributed by atoms with Crippen LogP contribution in [-0.2, 0) is 27.3 Å². The Hall–Kier alpha value is -3.33. The summed E-state index contributed by atoms with van der Waals surface area (Å²) in [6.07, 6.45) is 5.44. The van der Waals surface area contributed by atoms with Crippen LogP contribution in [0.2, 0.25) is 0 Å². The first-order valence-electron chi connectivity index (χ1n) is 11.2. The summed E-state index contributed by atoms with van der Waals surface area (Å²) in [6, 6.07) is 12.0. The highest BCUT2D eigenvalue weighted by Crippen LogP contribution is 2.33. The monoisotopic (exact) mass is 433 g/mol. The van der Waals surface area contributed by atoms with Gasteiger partial charge in [-0.05, 0) is 68.4 Å². The number of carbonyl (C=O) groups is 2. The van der Waals surface area contributed by atoms with E-state index in [0.29, 0.717) is 0 Å². The summed E-state index contributed by atoms with van der Waals surface area (Å²) in [4.78, 5) is 26.9. The van der Waals surface area contributed by atoms with Crippen molar-refractivity contribution in [3.63, 3.8) is 0 Å². The summed E-state index contributed by atoms with van der Waals surface area (Å²) < 4.78 is 7.39. The molecule has 0 radical (unpaired) electrons. The van der Waals surface area contributed by atoms with Crippen molar-refractivity contribution in [3.8, 4) is 6.07 Å². The number of rotatable bonds is 7. The first-order valence-corrected chi connectivity index (χ1v) is 11.2. The third-order valence-electron chi connectivity index (χ3n) is 6.23. The number of nitrogens with zero attached hydrogens (tertiary/aromatic N) is 3. The van der Waals surface area contributed by atoms with Crippen molar-refractivity contribution < 1.29 is 14.3 Å². The van der Waals surface area contributed by atoms with Crippen LogP contribution < -0.4 is 0 Å². The molecule has 0 spiro atoms. The Morgan fingerprint density at radius 1 is 1.31 bits per heavy atom. The topological polar surface area (TPSA) is 75.3 Å². The number of aromatic nitrogens is 1. The second-order valence-electron chi connectivity index (χ2n) is 8.34. The molecule has 1 aliphatic rings. The fraction of sp³-hybridized carbons (Fsp3) is 0.423. The van der Waals surface area contributed by atoms with Gasteiger partial charge in [0.1, 0.15) is 11.6 Å². The molecule has 1 atom stereocenters. The molecular formula is C26H31N3O3. The minimum atomic E-state index is -0.779. The van der Waals surface area contributed by atoms with E-state index >= 15 is 0 Å². The Balaban J connectivity index is 1.67. The van der Waals surface area contributed by atoms with Gasteiger partial charge in [-0.15, -0.1) is 0 Å². The molecule has 1 aliphatic carbocycles. The van der Waals surface area contributed by atoms with Gasteiger partial charge in [-0.3, -0.25) is 4.79 Å². The zero-order valence-corrected chi connectivity index (χ0v) is 19.4. The van der Waals surface area contributed by atoms with E-state index in [1.54, 1.807) is 18.0 Å². The summed E-state index contributed by atoms with van der Waals surface area (Å²) in [5.74, 6) is -1.06. The second kappa shape index (κ2) is 10.3. The Kier molecular flexibility index (Phi) is 7.53. The van der Waals surface area contributed by atoms with E-state index in [1.165, 1.54) is 5.56 Å². The van der Waals surface area contributed by atoms with Gasteiger partial charge in [0.2, 0.25) is 0 Å². The smallest absolute Gasteiger partial charge is 0.349 e. The van der Waals surface area contributed by atoms with Gasteiger partial charge in [-0.2, -0.15) is 5.26 Å². The minimum Gasteiger partial charge on any atom is -0.451 e. The summed E-state index contributed by atoms with van der Waals surface area (Å²) in [6.45, 7) is 6.56. The SMILES string of the molecule is CCCn1c(C)cc(/C=C(\C#N)C(=O)OCC(=O)N(C)C2CCCc3ccccc32)c1C. The predicted octanol–water partition coefficient (Wildman–Crippen LogP) is 4.50. The van der Waals surface area contributed by atoms with Crippen LogP contribution in [0.4, 0.5) is 0 Å². The molecular weight excluding hydrogens is 402 g/mol. The number of carbonyl (C=O) groups excluding carboxylic acids is 2. The molecule has 0 bridgehead atoms. The summed E-state index contributed by atoms with van der Waals surface area (Å²) in [5, 5.41) is 9.49. The first kappa shape index (κ1) is 23.3. The van der Waals surface area contributed by atoms with Crippen LogP contribution in [0.25, 0.3) is 6.08 Å². The van der Waals surface area contributed by atoms with E-state index in [4.69, 9.17) is 4.74 Å². The van der Waals surface area contributed by atoms with Crippen LogP contribution in [0.1, 0.15) is 60.3 Å². The summed E-state index contributed by atoms with van der Waals surface area (Å²) in [5.41, 5.74) is 5.19. The van der Waals surface area contributed by atoms with Crippen molar-refractivity contribution in [1.29, 1.82) is 5.26 Å². The zero-order valence-electron chi connectivity index (χ0n) is 19.4. The summed E-state index contributed by atoms with van der Waals surface area (Å²) >= 11 is 0. The van der Waals surface area contributed by atoms with Crippen LogP contribution in [0.3, 0.4) is 0 Å². The minimum absolute atomic E-state index is 0.0268. The number of ether oxygens (including phenoxy) is 1. The third kappa shape index (κ3) is 4.94. The van der Waals surface area contributed by atoms with Gasteiger partial charge in [-0.1, -0.05) is 31.2 Å². The predicted molar refractivity (Wildman–Crippen MR) is 124 cm³/mol. The molecule has 168 valence electrons. The average Bonchev–Trinajstić information content (AvgIpc) is 3.07. The largest absolute Gasteiger partial charge is 0.451 e. The zero-order chi connectivity index (χ0) is 23.3. The fourth-order valence-electron chi connectivity index (χ4n) is 4.45. The van der Waals surface area contributed by atoms with Gasteiger partial charge in [0.05, 0.1) is 6.04 Å². The number of amides is 1. The number of fused-ring (bicyclic) bond motifs is 1. The molecule has 0 N–H and O–H groups in total. The molecule has 32 heavy (non-hydrogen) atoms. The maximum Gasteiger partial charge on any atom is 0.349 e. The molecule has 0 saturated carbocycles. The Bertz CT molecular complexity index is 1070. The standard InChI is InChI=1S/C26H31N3O3/c1-5-13-29-18(2)14-21(19(29)3)15-22(16-27)26(31)32-17-25(30)28(4)24-12-8-10-20-9-6-7-11-23(20)24/h6-7,9,11,14-15,24H,5,8,10,12-13,17H2,1-4H3/b22-15+. The molecule has 0 aliphatic heterocycles. The number of esters is 1. The second-order valence-corrected chi connectivity index (χ2v) is 8.34. The lowest BCUT2D eigenvalue weighted by atomic mass is 9.87. The van der Waals surface area contributed by atoms with E-state index in [1.807, 2.05) is 38.1 Å². The molecule has 3 rings (SSSR count). The lowest BCUT2D eigenvalue weighted by Gasteiger charge is -2.33. The number of aryl methyl sites for hydroxylation is 2. The molecule has 1 amide bonds. The van der Waals surface area contributed by atoms with Crippen molar-refractivity contribution >= 4 is 18.0 Å². The fourth-order valence-corrected chi connectivity index (χ4v) is 4.45.